The van der Waals surface area contributed by atoms with Crippen LogP contribution in [0.15, 0.2) is 30.3 Å². The zero-order valence-electron chi connectivity index (χ0n) is 19.2. The van der Waals surface area contributed by atoms with Crippen LogP contribution in [0.2, 0.25) is 0 Å². The fourth-order valence-electron chi connectivity index (χ4n) is 5.26. The molecule has 0 radical (unpaired) electrons. The van der Waals surface area contributed by atoms with Gasteiger partial charge in [-0.15, -0.1) is 21.5 Å². The van der Waals surface area contributed by atoms with E-state index in [4.69, 9.17) is 0 Å². The van der Waals surface area contributed by atoms with E-state index in [-0.39, 0.29) is 17.8 Å². The van der Waals surface area contributed by atoms with Crippen molar-refractivity contribution >= 4 is 27.5 Å². The normalized spacial score (nSPS) is 18.4. The molecule has 0 N–H and O–H groups in total. The molecule has 176 valence electrons. The summed E-state index contributed by atoms with van der Waals surface area (Å²) >= 11 is 1.49. The highest BCUT2D eigenvalue weighted by molar-refractivity contribution is 7.20. The Morgan fingerprint density at radius 2 is 1.97 bits per heavy atom. The number of aromatic nitrogens is 5. The van der Waals surface area contributed by atoms with Gasteiger partial charge in [-0.3, -0.25) is 9.48 Å². The van der Waals surface area contributed by atoms with E-state index in [9.17, 15) is 9.18 Å². The number of carbonyl (C=O) groups excluding carboxylic acids is 1. The van der Waals surface area contributed by atoms with Crippen LogP contribution in [-0.4, -0.2) is 41.9 Å². The van der Waals surface area contributed by atoms with Crippen LogP contribution in [0.3, 0.4) is 0 Å². The maximum atomic E-state index is 13.7. The Hall–Kier alpha value is -3.07. The molecule has 0 aliphatic carbocycles. The summed E-state index contributed by atoms with van der Waals surface area (Å²) in [5, 5.41) is 14.7. The van der Waals surface area contributed by atoms with Crippen LogP contribution in [0.5, 0.6) is 0 Å². The zero-order valence-corrected chi connectivity index (χ0v) is 20.0. The van der Waals surface area contributed by atoms with Crippen LogP contribution in [-0.2, 0) is 19.5 Å². The number of rotatable bonds is 4. The van der Waals surface area contributed by atoms with Gasteiger partial charge in [-0.2, -0.15) is 5.10 Å². The number of hydrogen-bond acceptors (Lipinski definition) is 5. The first kappa shape index (κ1) is 21.5. The number of fused-ring (bicyclic) bond motifs is 2. The van der Waals surface area contributed by atoms with Crippen LogP contribution in [0.1, 0.15) is 70.7 Å². The number of thiophene rings is 1. The van der Waals surface area contributed by atoms with Crippen LogP contribution < -0.4 is 0 Å². The number of benzene rings is 1. The maximum absolute atomic E-state index is 13.7. The molecule has 1 amide bonds. The third-order valence-corrected chi connectivity index (χ3v) is 8.15. The Morgan fingerprint density at radius 3 is 2.82 bits per heavy atom. The second kappa shape index (κ2) is 8.61. The number of carbonyl (C=O) groups is 1. The minimum Gasteiger partial charge on any atom is -0.328 e. The molecule has 7 nitrogen and oxygen atoms in total. The molecule has 1 saturated heterocycles. The lowest BCUT2D eigenvalue weighted by molar-refractivity contribution is 0.0732. The van der Waals surface area contributed by atoms with Crippen LogP contribution >= 0.6 is 11.3 Å². The summed E-state index contributed by atoms with van der Waals surface area (Å²) < 4.78 is 17.5. The SMILES string of the molecule is Cc1nn(Cc2ccc(F)cc2)c2sc(C(=O)N3CCCC3c3nnc4n3CCCCC4)cc12. The Kier molecular flexibility index (Phi) is 5.44. The summed E-state index contributed by atoms with van der Waals surface area (Å²) in [5.74, 6) is 1.81. The summed E-state index contributed by atoms with van der Waals surface area (Å²) in [6.45, 7) is 4.18. The topological polar surface area (TPSA) is 68.8 Å². The lowest BCUT2D eigenvalue weighted by atomic mass is 10.2. The third kappa shape index (κ3) is 3.72. The Balaban J connectivity index is 1.29. The fraction of sp³-hybridized carbons (Fsp3) is 0.440. The van der Waals surface area contributed by atoms with Gasteiger partial charge in [-0.1, -0.05) is 18.6 Å². The van der Waals surface area contributed by atoms with Crippen molar-refractivity contribution in [3.8, 4) is 0 Å². The molecule has 4 aromatic rings. The van der Waals surface area contributed by atoms with Crippen molar-refractivity contribution in [2.45, 2.75) is 64.6 Å². The lowest BCUT2D eigenvalue weighted by Crippen LogP contribution is -2.31. The first-order valence-corrected chi connectivity index (χ1v) is 12.8. The molecule has 0 bridgehead atoms. The average molecular weight is 479 g/mol. The largest absolute Gasteiger partial charge is 0.328 e. The molecule has 5 heterocycles. The van der Waals surface area contributed by atoms with Crippen molar-refractivity contribution in [1.29, 1.82) is 0 Å². The van der Waals surface area contributed by atoms with Gasteiger partial charge in [0.05, 0.1) is 23.2 Å². The van der Waals surface area contributed by atoms with E-state index in [1.807, 2.05) is 22.6 Å². The number of aryl methyl sites for hydroxylation is 2. The predicted molar refractivity (Wildman–Crippen MR) is 128 cm³/mol. The van der Waals surface area contributed by atoms with E-state index in [1.54, 1.807) is 12.1 Å². The summed E-state index contributed by atoms with van der Waals surface area (Å²) in [6, 6.07) is 8.43. The van der Waals surface area contributed by atoms with E-state index in [1.165, 1.54) is 29.9 Å². The lowest BCUT2D eigenvalue weighted by Gasteiger charge is -2.24. The predicted octanol–water partition coefficient (Wildman–Crippen LogP) is 4.89. The Bertz CT molecular complexity index is 1350. The van der Waals surface area contributed by atoms with Gasteiger partial charge < -0.3 is 9.47 Å². The van der Waals surface area contributed by atoms with Crippen molar-refractivity contribution in [2.75, 3.05) is 6.54 Å². The number of amides is 1. The highest BCUT2D eigenvalue weighted by atomic mass is 32.1. The van der Waals surface area contributed by atoms with Crippen molar-refractivity contribution in [3.63, 3.8) is 0 Å². The molecule has 6 rings (SSSR count). The van der Waals surface area contributed by atoms with Crippen molar-refractivity contribution in [3.05, 3.63) is 63.9 Å². The maximum Gasteiger partial charge on any atom is 0.264 e. The smallest absolute Gasteiger partial charge is 0.264 e. The number of halogens is 1. The summed E-state index contributed by atoms with van der Waals surface area (Å²) in [4.78, 5) is 17.4. The van der Waals surface area contributed by atoms with Crippen molar-refractivity contribution < 1.29 is 9.18 Å². The monoisotopic (exact) mass is 478 g/mol. The number of nitrogens with zero attached hydrogens (tertiary/aromatic N) is 6. The van der Waals surface area contributed by atoms with Gasteiger partial charge in [0.25, 0.3) is 5.91 Å². The molecular weight excluding hydrogens is 451 g/mol. The van der Waals surface area contributed by atoms with Gasteiger partial charge in [0.2, 0.25) is 0 Å². The molecule has 3 aromatic heterocycles. The molecule has 1 unspecified atom stereocenters. The van der Waals surface area contributed by atoms with Gasteiger partial charge in [0.15, 0.2) is 5.82 Å². The Morgan fingerprint density at radius 1 is 1.12 bits per heavy atom. The van der Waals surface area contributed by atoms with Gasteiger partial charge in [-0.05, 0) is 56.4 Å². The molecule has 1 fully saturated rings. The van der Waals surface area contributed by atoms with Crippen molar-refractivity contribution in [2.24, 2.45) is 0 Å². The van der Waals surface area contributed by atoms with Crippen LogP contribution in [0, 0.1) is 12.7 Å². The van der Waals surface area contributed by atoms with Gasteiger partial charge in [-0.25, -0.2) is 4.39 Å². The Labute approximate surface area is 201 Å². The molecule has 1 atom stereocenters. The summed E-state index contributed by atoms with van der Waals surface area (Å²) in [7, 11) is 0. The second-order valence-electron chi connectivity index (χ2n) is 9.29. The number of hydrogen-bond donors (Lipinski definition) is 0. The third-order valence-electron chi connectivity index (χ3n) is 7.01. The van der Waals surface area contributed by atoms with E-state index >= 15 is 0 Å². The molecule has 2 aliphatic rings. The second-order valence-corrected chi connectivity index (χ2v) is 10.3. The molecule has 0 spiro atoms. The van der Waals surface area contributed by atoms with Gasteiger partial charge in [0.1, 0.15) is 16.5 Å². The standard InChI is InChI=1S/C25H27FN6OS/c1-16-19-14-21(34-25(19)32(29-16)15-17-8-10-18(26)11-9-17)24(33)30-13-5-6-20(30)23-28-27-22-7-3-2-4-12-31(22)23/h8-11,14,20H,2-7,12-13,15H2,1H3. The van der Waals surface area contributed by atoms with Gasteiger partial charge >= 0.3 is 0 Å². The molecular formula is C25H27FN6OS. The van der Waals surface area contributed by atoms with E-state index < -0.39 is 0 Å². The van der Waals surface area contributed by atoms with E-state index in [0.29, 0.717) is 6.54 Å². The highest BCUT2D eigenvalue weighted by Crippen LogP contribution is 2.36. The average Bonchev–Trinajstić information content (AvgIpc) is 3.59. The first-order chi connectivity index (χ1) is 16.6. The summed E-state index contributed by atoms with van der Waals surface area (Å²) in [6.07, 6.45) is 6.37. The fourth-order valence-corrected chi connectivity index (χ4v) is 6.38. The van der Waals surface area contributed by atoms with E-state index in [2.05, 4.69) is 19.9 Å². The number of likely N-dealkylation sites (tertiary alicyclic amines) is 1. The molecule has 34 heavy (non-hydrogen) atoms. The van der Waals surface area contributed by atoms with Crippen LogP contribution in [0.25, 0.3) is 10.2 Å². The zero-order chi connectivity index (χ0) is 23.2. The first-order valence-electron chi connectivity index (χ1n) is 12.0. The molecule has 9 heteroatoms. The van der Waals surface area contributed by atoms with Crippen LogP contribution in [0.4, 0.5) is 4.39 Å². The summed E-state index contributed by atoms with van der Waals surface area (Å²) in [5.41, 5.74) is 1.87. The van der Waals surface area contributed by atoms with E-state index in [0.717, 1.165) is 83.2 Å². The highest BCUT2D eigenvalue weighted by Gasteiger charge is 2.35. The molecule has 0 saturated carbocycles. The molecule has 2 aliphatic heterocycles. The minimum absolute atomic E-state index is 0.0196. The minimum atomic E-state index is -0.251. The quantitative estimate of drug-likeness (QED) is 0.419. The van der Waals surface area contributed by atoms with Gasteiger partial charge in [0, 0.05) is 24.9 Å². The van der Waals surface area contributed by atoms with Crippen molar-refractivity contribution in [1.82, 2.24) is 29.4 Å². The molecule has 1 aromatic carbocycles.